The molecule has 1 aromatic rings. The normalized spacial score (nSPS) is 11.4. The van der Waals surface area contributed by atoms with Crippen molar-refractivity contribution in [1.29, 1.82) is 5.26 Å². The molecule has 1 rings (SSSR count). The van der Waals surface area contributed by atoms with Crippen molar-refractivity contribution in [3.8, 4) is 6.07 Å². The molecular formula is C10H9F3N2. The van der Waals surface area contributed by atoms with Gasteiger partial charge in [0, 0.05) is 6.54 Å². The van der Waals surface area contributed by atoms with Crippen LogP contribution in [0.2, 0.25) is 0 Å². The Bertz CT molecular complexity index is 340. The van der Waals surface area contributed by atoms with E-state index in [9.17, 15) is 13.2 Å². The zero-order valence-electron chi connectivity index (χ0n) is 7.83. The Kier molecular flexibility index (Phi) is 3.69. The molecule has 0 bridgehead atoms. The van der Waals surface area contributed by atoms with Crippen LogP contribution in [0.15, 0.2) is 30.3 Å². The lowest BCUT2D eigenvalue weighted by Crippen LogP contribution is -2.37. The summed E-state index contributed by atoms with van der Waals surface area (Å²) in [5.74, 6) is 0. The molecular weight excluding hydrogens is 205 g/mol. The Balaban J connectivity index is 2.73. The highest BCUT2D eigenvalue weighted by atomic mass is 19.4. The molecule has 5 heteroatoms. The van der Waals surface area contributed by atoms with Crippen LogP contribution in [0.25, 0.3) is 0 Å². The monoisotopic (exact) mass is 214 g/mol. The molecule has 0 heterocycles. The maximum atomic E-state index is 12.4. The van der Waals surface area contributed by atoms with Crippen LogP contribution in [0.3, 0.4) is 0 Å². The minimum atomic E-state index is -4.47. The van der Waals surface area contributed by atoms with Crippen molar-refractivity contribution in [3.63, 3.8) is 0 Å². The standard InChI is InChI=1S/C10H9F3N2/c11-10(12,13)15(7-6-14)8-9-4-2-1-3-5-9/h1-5H,7-8H2. The summed E-state index contributed by atoms with van der Waals surface area (Å²) in [5, 5.41) is 8.29. The molecule has 0 radical (unpaired) electrons. The smallest absolute Gasteiger partial charge is 0.197 e. The quantitative estimate of drug-likeness (QED) is 0.571. The van der Waals surface area contributed by atoms with Crippen LogP contribution < -0.4 is 0 Å². The minimum Gasteiger partial charge on any atom is -0.197 e. The number of hydrogen-bond acceptors (Lipinski definition) is 2. The van der Waals surface area contributed by atoms with E-state index in [1.165, 1.54) is 6.07 Å². The molecule has 0 aromatic heterocycles. The fourth-order valence-electron chi connectivity index (χ4n) is 1.12. The highest BCUT2D eigenvalue weighted by Gasteiger charge is 2.36. The zero-order chi connectivity index (χ0) is 11.3. The highest BCUT2D eigenvalue weighted by molar-refractivity contribution is 5.14. The van der Waals surface area contributed by atoms with Crippen molar-refractivity contribution in [3.05, 3.63) is 35.9 Å². The summed E-state index contributed by atoms with van der Waals surface area (Å²) in [6, 6.07) is 9.74. The predicted octanol–water partition coefficient (Wildman–Crippen LogP) is 2.53. The topological polar surface area (TPSA) is 27.0 Å². The summed E-state index contributed by atoms with van der Waals surface area (Å²) in [5.41, 5.74) is 0.532. The van der Waals surface area contributed by atoms with Crippen molar-refractivity contribution in [2.45, 2.75) is 12.8 Å². The molecule has 0 saturated carbocycles. The second-order valence-corrected chi connectivity index (χ2v) is 2.97. The van der Waals surface area contributed by atoms with E-state index in [0.717, 1.165) is 0 Å². The molecule has 0 N–H and O–H groups in total. The average molecular weight is 214 g/mol. The number of rotatable bonds is 3. The summed E-state index contributed by atoms with van der Waals surface area (Å²) in [6.07, 6.45) is -4.47. The van der Waals surface area contributed by atoms with Gasteiger partial charge in [-0.2, -0.15) is 23.3 Å². The Labute approximate surface area is 85.5 Å². The van der Waals surface area contributed by atoms with Crippen molar-refractivity contribution in [2.24, 2.45) is 0 Å². The van der Waals surface area contributed by atoms with Gasteiger partial charge in [-0.05, 0) is 5.56 Å². The molecule has 0 aliphatic rings. The van der Waals surface area contributed by atoms with Gasteiger partial charge in [-0.25, -0.2) is 0 Å². The molecule has 0 aliphatic carbocycles. The Morgan fingerprint density at radius 1 is 1.20 bits per heavy atom. The van der Waals surface area contributed by atoms with Gasteiger partial charge < -0.3 is 0 Å². The van der Waals surface area contributed by atoms with Crippen LogP contribution in [-0.2, 0) is 6.54 Å². The maximum absolute atomic E-state index is 12.4. The van der Waals surface area contributed by atoms with E-state index in [1.54, 1.807) is 30.3 Å². The number of benzene rings is 1. The van der Waals surface area contributed by atoms with E-state index in [1.807, 2.05) is 0 Å². The largest absolute Gasteiger partial charge is 0.461 e. The lowest BCUT2D eigenvalue weighted by atomic mass is 10.2. The zero-order valence-corrected chi connectivity index (χ0v) is 7.83. The van der Waals surface area contributed by atoms with E-state index < -0.39 is 12.8 Å². The van der Waals surface area contributed by atoms with E-state index in [0.29, 0.717) is 5.56 Å². The third-order valence-electron chi connectivity index (χ3n) is 1.84. The van der Waals surface area contributed by atoms with Crippen molar-refractivity contribution < 1.29 is 13.2 Å². The molecule has 0 aliphatic heterocycles. The molecule has 0 saturated heterocycles. The van der Waals surface area contributed by atoms with Gasteiger partial charge in [0.1, 0.15) is 0 Å². The van der Waals surface area contributed by atoms with Gasteiger partial charge in [0.15, 0.2) is 0 Å². The van der Waals surface area contributed by atoms with Crippen LogP contribution in [0.5, 0.6) is 0 Å². The number of alkyl halides is 3. The lowest BCUT2D eigenvalue weighted by Gasteiger charge is -2.21. The first-order valence-corrected chi connectivity index (χ1v) is 4.26. The van der Waals surface area contributed by atoms with Gasteiger partial charge in [0.05, 0.1) is 12.6 Å². The van der Waals surface area contributed by atoms with Crippen LogP contribution in [-0.4, -0.2) is 17.7 Å². The van der Waals surface area contributed by atoms with Gasteiger partial charge in [-0.3, -0.25) is 0 Å². The molecule has 2 nitrogen and oxygen atoms in total. The Hall–Kier alpha value is -1.54. The van der Waals surface area contributed by atoms with Crippen LogP contribution in [0.1, 0.15) is 5.56 Å². The van der Waals surface area contributed by atoms with E-state index in [4.69, 9.17) is 5.26 Å². The minimum absolute atomic E-state index is 0.169. The third kappa shape index (κ3) is 3.60. The number of hydrogen-bond donors (Lipinski definition) is 0. The number of nitrogens with zero attached hydrogens (tertiary/aromatic N) is 2. The lowest BCUT2D eigenvalue weighted by molar-refractivity contribution is -0.245. The first kappa shape index (κ1) is 11.5. The van der Waals surface area contributed by atoms with Crippen molar-refractivity contribution >= 4 is 0 Å². The van der Waals surface area contributed by atoms with Crippen LogP contribution in [0.4, 0.5) is 13.2 Å². The Morgan fingerprint density at radius 2 is 1.80 bits per heavy atom. The molecule has 0 atom stereocenters. The molecule has 80 valence electrons. The molecule has 0 fully saturated rings. The van der Waals surface area contributed by atoms with Gasteiger partial charge in [-0.1, -0.05) is 30.3 Å². The fraction of sp³-hybridized carbons (Fsp3) is 0.300. The van der Waals surface area contributed by atoms with E-state index >= 15 is 0 Å². The van der Waals surface area contributed by atoms with E-state index in [-0.39, 0.29) is 11.4 Å². The van der Waals surface area contributed by atoms with Crippen LogP contribution >= 0.6 is 0 Å². The molecule has 0 spiro atoms. The van der Waals surface area contributed by atoms with Gasteiger partial charge in [-0.15, -0.1) is 0 Å². The maximum Gasteiger partial charge on any atom is 0.461 e. The highest BCUT2D eigenvalue weighted by Crippen LogP contribution is 2.22. The van der Waals surface area contributed by atoms with Crippen molar-refractivity contribution in [2.75, 3.05) is 6.54 Å². The average Bonchev–Trinajstić information content (AvgIpc) is 2.17. The predicted molar refractivity (Wildman–Crippen MR) is 48.5 cm³/mol. The summed E-state index contributed by atoms with van der Waals surface area (Å²) in [7, 11) is 0. The summed E-state index contributed by atoms with van der Waals surface area (Å²) >= 11 is 0. The molecule has 1 aromatic carbocycles. The summed E-state index contributed by atoms with van der Waals surface area (Å²) in [4.78, 5) is 0.169. The summed E-state index contributed by atoms with van der Waals surface area (Å²) < 4.78 is 37.1. The number of nitriles is 1. The number of halogens is 3. The first-order valence-electron chi connectivity index (χ1n) is 4.26. The van der Waals surface area contributed by atoms with Crippen LogP contribution in [0, 0.1) is 11.3 Å². The van der Waals surface area contributed by atoms with Gasteiger partial charge in [0.25, 0.3) is 0 Å². The third-order valence-corrected chi connectivity index (χ3v) is 1.84. The van der Waals surface area contributed by atoms with Crippen molar-refractivity contribution in [1.82, 2.24) is 4.90 Å². The van der Waals surface area contributed by atoms with Gasteiger partial charge in [0.2, 0.25) is 0 Å². The molecule has 0 amide bonds. The Morgan fingerprint density at radius 3 is 2.27 bits per heavy atom. The van der Waals surface area contributed by atoms with E-state index in [2.05, 4.69) is 0 Å². The second-order valence-electron chi connectivity index (χ2n) is 2.97. The first-order chi connectivity index (χ1) is 7.04. The molecule has 0 unspecified atom stereocenters. The second kappa shape index (κ2) is 4.80. The summed E-state index contributed by atoms with van der Waals surface area (Å²) in [6.45, 7) is -0.948. The fourth-order valence-corrected chi connectivity index (χ4v) is 1.12. The molecule has 15 heavy (non-hydrogen) atoms. The SMILES string of the molecule is N#CCN(Cc1ccccc1)C(F)(F)F. The van der Waals surface area contributed by atoms with Gasteiger partial charge >= 0.3 is 6.30 Å².